The lowest BCUT2D eigenvalue weighted by atomic mass is 10.2. The number of rotatable bonds is 6. The van der Waals surface area contributed by atoms with Crippen molar-refractivity contribution in [2.45, 2.75) is 0 Å². The maximum absolute atomic E-state index is 11.4. The predicted molar refractivity (Wildman–Crippen MR) is 101 cm³/mol. The number of aldehydes is 1. The molecule has 0 radical (unpaired) electrons. The maximum Gasteiger partial charge on any atom is 0.330 e. The van der Waals surface area contributed by atoms with E-state index >= 15 is 0 Å². The van der Waals surface area contributed by atoms with Crippen molar-refractivity contribution >= 4 is 39.8 Å². The first kappa shape index (κ1) is 17.7. The van der Waals surface area contributed by atoms with Gasteiger partial charge in [0.25, 0.3) is 0 Å². The molecule has 6 heteroatoms. The Balaban J connectivity index is 1.87. The third-order valence-electron chi connectivity index (χ3n) is 3.70. The summed E-state index contributed by atoms with van der Waals surface area (Å²) in [6.07, 6.45) is 3.79. The Morgan fingerprint density at radius 2 is 1.77 bits per heavy atom. The highest BCUT2D eigenvalue weighted by Crippen LogP contribution is 2.40. The SMILES string of the molecule is COC(=O)/C=C/c1ccc(Oc2c(C=O)sc3cc(OC)ccc23)cc1. The summed E-state index contributed by atoms with van der Waals surface area (Å²) in [5, 5.41) is 0.854. The van der Waals surface area contributed by atoms with Crippen LogP contribution >= 0.6 is 11.3 Å². The van der Waals surface area contributed by atoms with Crippen LogP contribution in [0.2, 0.25) is 0 Å². The Bertz CT molecular complexity index is 970. The summed E-state index contributed by atoms with van der Waals surface area (Å²) in [7, 11) is 2.93. The normalized spacial score (nSPS) is 10.8. The van der Waals surface area contributed by atoms with E-state index in [1.807, 2.05) is 30.3 Å². The van der Waals surface area contributed by atoms with E-state index in [1.54, 1.807) is 25.3 Å². The van der Waals surface area contributed by atoms with Gasteiger partial charge in [0, 0.05) is 16.2 Å². The molecule has 1 aromatic heterocycles. The van der Waals surface area contributed by atoms with E-state index in [0.29, 0.717) is 16.4 Å². The largest absolute Gasteiger partial charge is 0.497 e. The second-order valence-electron chi connectivity index (χ2n) is 5.30. The molecule has 2 aromatic carbocycles. The van der Waals surface area contributed by atoms with Gasteiger partial charge in [0.15, 0.2) is 12.0 Å². The Hall–Kier alpha value is -3.12. The number of ether oxygens (including phenoxy) is 3. The summed E-state index contributed by atoms with van der Waals surface area (Å²) < 4.78 is 16.6. The van der Waals surface area contributed by atoms with Crippen molar-refractivity contribution in [3.8, 4) is 17.2 Å². The van der Waals surface area contributed by atoms with E-state index in [9.17, 15) is 9.59 Å². The molecule has 0 aliphatic heterocycles. The van der Waals surface area contributed by atoms with Crippen molar-refractivity contribution in [1.29, 1.82) is 0 Å². The predicted octanol–water partition coefficient (Wildman–Crippen LogP) is 4.70. The van der Waals surface area contributed by atoms with Crippen molar-refractivity contribution in [3.63, 3.8) is 0 Å². The summed E-state index contributed by atoms with van der Waals surface area (Å²) in [4.78, 5) is 23.1. The average Bonchev–Trinajstić information content (AvgIpc) is 3.03. The molecule has 0 saturated carbocycles. The van der Waals surface area contributed by atoms with Crippen LogP contribution in [0, 0.1) is 0 Å². The Labute approximate surface area is 154 Å². The monoisotopic (exact) mass is 368 g/mol. The van der Waals surface area contributed by atoms with Crippen LogP contribution in [-0.2, 0) is 9.53 Å². The molecule has 0 amide bonds. The van der Waals surface area contributed by atoms with Gasteiger partial charge in [0.1, 0.15) is 16.4 Å². The molecule has 0 atom stereocenters. The molecule has 0 aliphatic rings. The minimum atomic E-state index is -0.416. The number of benzene rings is 2. The molecule has 26 heavy (non-hydrogen) atoms. The summed E-state index contributed by atoms with van der Waals surface area (Å²) in [5.74, 6) is 1.44. The minimum Gasteiger partial charge on any atom is -0.497 e. The molecule has 0 N–H and O–H groups in total. The first-order valence-electron chi connectivity index (χ1n) is 7.74. The lowest BCUT2D eigenvalue weighted by Gasteiger charge is -2.06. The Morgan fingerprint density at radius 3 is 2.42 bits per heavy atom. The number of carbonyl (C=O) groups is 2. The number of methoxy groups -OCH3 is 2. The molecule has 0 saturated heterocycles. The molecule has 5 nitrogen and oxygen atoms in total. The van der Waals surface area contributed by atoms with Gasteiger partial charge in [-0.15, -0.1) is 11.3 Å². The number of thiophene rings is 1. The fourth-order valence-electron chi connectivity index (χ4n) is 2.38. The van der Waals surface area contributed by atoms with Crippen LogP contribution in [0.4, 0.5) is 0 Å². The molecule has 3 rings (SSSR count). The summed E-state index contributed by atoms with van der Waals surface area (Å²) in [6, 6.07) is 12.8. The van der Waals surface area contributed by atoms with E-state index in [1.165, 1.54) is 24.5 Å². The second-order valence-corrected chi connectivity index (χ2v) is 6.39. The van der Waals surface area contributed by atoms with Crippen LogP contribution in [0.25, 0.3) is 16.2 Å². The highest BCUT2D eigenvalue weighted by Gasteiger charge is 2.14. The molecule has 0 unspecified atom stereocenters. The van der Waals surface area contributed by atoms with Crippen LogP contribution in [-0.4, -0.2) is 26.5 Å². The number of hydrogen-bond donors (Lipinski definition) is 0. The topological polar surface area (TPSA) is 61.8 Å². The first-order valence-corrected chi connectivity index (χ1v) is 8.56. The first-order chi connectivity index (χ1) is 12.6. The van der Waals surface area contributed by atoms with Crippen LogP contribution in [0.3, 0.4) is 0 Å². The molecular weight excluding hydrogens is 352 g/mol. The van der Waals surface area contributed by atoms with Crippen molar-refractivity contribution in [3.05, 3.63) is 59.0 Å². The molecule has 132 valence electrons. The van der Waals surface area contributed by atoms with E-state index in [0.717, 1.165) is 27.7 Å². The van der Waals surface area contributed by atoms with Gasteiger partial charge in [-0.3, -0.25) is 4.79 Å². The fraction of sp³-hybridized carbons (Fsp3) is 0.100. The number of fused-ring (bicyclic) bond motifs is 1. The average molecular weight is 368 g/mol. The van der Waals surface area contributed by atoms with Gasteiger partial charge in [0.2, 0.25) is 0 Å². The van der Waals surface area contributed by atoms with Crippen molar-refractivity contribution < 1.29 is 23.8 Å². The van der Waals surface area contributed by atoms with Crippen molar-refractivity contribution in [1.82, 2.24) is 0 Å². The van der Waals surface area contributed by atoms with Gasteiger partial charge in [0.05, 0.1) is 14.2 Å². The fourth-order valence-corrected chi connectivity index (χ4v) is 3.35. The van der Waals surface area contributed by atoms with E-state index in [-0.39, 0.29) is 0 Å². The number of carbonyl (C=O) groups excluding carboxylic acids is 2. The number of hydrogen-bond acceptors (Lipinski definition) is 6. The van der Waals surface area contributed by atoms with Crippen molar-refractivity contribution in [2.24, 2.45) is 0 Å². The van der Waals surface area contributed by atoms with Crippen LogP contribution < -0.4 is 9.47 Å². The van der Waals surface area contributed by atoms with E-state index in [2.05, 4.69) is 4.74 Å². The second kappa shape index (κ2) is 7.84. The zero-order chi connectivity index (χ0) is 18.5. The van der Waals surface area contributed by atoms with Gasteiger partial charge in [-0.2, -0.15) is 0 Å². The smallest absolute Gasteiger partial charge is 0.330 e. The molecular formula is C20H16O5S. The Morgan fingerprint density at radius 1 is 1.04 bits per heavy atom. The van der Waals surface area contributed by atoms with Crippen LogP contribution in [0.15, 0.2) is 48.5 Å². The standard InChI is InChI=1S/C20H16O5S/c1-23-15-8-9-16-17(11-15)26-18(12-21)20(16)25-14-6-3-13(4-7-14)5-10-19(22)24-2/h3-12H,1-2H3/b10-5+. The lowest BCUT2D eigenvalue weighted by Crippen LogP contribution is -1.93. The molecule has 0 bridgehead atoms. The third kappa shape index (κ3) is 3.75. The number of esters is 1. The zero-order valence-corrected chi connectivity index (χ0v) is 15.0. The summed E-state index contributed by atoms with van der Waals surface area (Å²) >= 11 is 1.35. The van der Waals surface area contributed by atoms with Crippen LogP contribution in [0.1, 0.15) is 15.2 Å². The molecule has 0 aliphatic carbocycles. The zero-order valence-electron chi connectivity index (χ0n) is 14.2. The minimum absolute atomic E-state index is 0.416. The van der Waals surface area contributed by atoms with Gasteiger partial charge in [-0.05, 0) is 42.0 Å². The van der Waals surface area contributed by atoms with Gasteiger partial charge >= 0.3 is 5.97 Å². The highest BCUT2D eigenvalue weighted by molar-refractivity contribution is 7.21. The molecule has 1 heterocycles. The quantitative estimate of drug-likeness (QED) is 0.358. The van der Waals surface area contributed by atoms with Gasteiger partial charge in [-0.25, -0.2) is 4.79 Å². The van der Waals surface area contributed by atoms with E-state index in [4.69, 9.17) is 9.47 Å². The van der Waals surface area contributed by atoms with Gasteiger partial charge in [-0.1, -0.05) is 12.1 Å². The molecule has 3 aromatic rings. The molecule has 0 fully saturated rings. The molecule has 0 spiro atoms. The van der Waals surface area contributed by atoms with Crippen LogP contribution in [0.5, 0.6) is 17.2 Å². The van der Waals surface area contributed by atoms with Crippen molar-refractivity contribution in [2.75, 3.05) is 14.2 Å². The lowest BCUT2D eigenvalue weighted by molar-refractivity contribution is -0.134. The summed E-state index contributed by atoms with van der Waals surface area (Å²) in [5.41, 5.74) is 0.832. The summed E-state index contributed by atoms with van der Waals surface area (Å²) in [6.45, 7) is 0. The maximum atomic E-state index is 11.4. The van der Waals surface area contributed by atoms with E-state index < -0.39 is 5.97 Å². The van der Waals surface area contributed by atoms with Gasteiger partial charge < -0.3 is 14.2 Å². The highest BCUT2D eigenvalue weighted by atomic mass is 32.1. The Kier molecular flexibility index (Phi) is 5.34. The third-order valence-corrected chi connectivity index (χ3v) is 4.76.